The zero-order valence-corrected chi connectivity index (χ0v) is 18.0. The summed E-state index contributed by atoms with van der Waals surface area (Å²) in [4.78, 5) is 11.5. The number of nitrogens with two attached hydrogens (primary N) is 1. The first-order chi connectivity index (χ1) is 13.6. The minimum absolute atomic E-state index is 0.0260. The largest absolute Gasteiger partial charge is 0.371 e. The van der Waals surface area contributed by atoms with Crippen molar-refractivity contribution in [2.75, 3.05) is 0 Å². The van der Waals surface area contributed by atoms with Crippen LogP contribution in [-0.2, 0) is 22.7 Å². The van der Waals surface area contributed by atoms with Crippen molar-refractivity contribution >= 4 is 35.5 Å². The summed E-state index contributed by atoms with van der Waals surface area (Å²) in [5.41, 5.74) is 1.86. The Labute approximate surface area is 178 Å². The van der Waals surface area contributed by atoms with E-state index < -0.39 is 23.2 Å². The van der Waals surface area contributed by atoms with Crippen LogP contribution >= 0.6 is 24.4 Å². The average Bonchev–Trinajstić information content (AvgIpc) is 2.66. The van der Waals surface area contributed by atoms with E-state index in [0.29, 0.717) is 11.7 Å². The van der Waals surface area contributed by atoms with Gasteiger partial charge in [-0.2, -0.15) is 0 Å². The predicted molar refractivity (Wildman–Crippen MR) is 115 cm³/mol. The zero-order valence-electron chi connectivity index (χ0n) is 16.3. The van der Waals surface area contributed by atoms with Crippen LogP contribution in [0, 0.1) is 11.6 Å². The third kappa shape index (κ3) is 6.66. The van der Waals surface area contributed by atoms with E-state index in [2.05, 4.69) is 47.7 Å². The lowest BCUT2D eigenvalue weighted by Gasteiger charge is -2.19. The summed E-state index contributed by atoms with van der Waals surface area (Å²) in [5.74, 6) is -2.71. The lowest BCUT2D eigenvalue weighted by molar-refractivity contribution is 0.0762. The van der Waals surface area contributed by atoms with E-state index in [1.165, 1.54) is 5.56 Å². The summed E-state index contributed by atoms with van der Waals surface area (Å²) in [7, 11) is 0. The van der Waals surface area contributed by atoms with Crippen LogP contribution in [0.1, 0.15) is 47.8 Å². The number of carbonyl (C=O) groups is 1. The van der Waals surface area contributed by atoms with Crippen LogP contribution in [-0.4, -0.2) is 11.1 Å². The molecule has 0 bridgehead atoms. The maximum absolute atomic E-state index is 14.1. The van der Waals surface area contributed by atoms with Crippen LogP contribution in [0.5, 0.6) is 0 Å². The molecule has 0 saturated carbocycles. The molecule has 0 aliphatic carbocycles. The molecule has 0 fully saturated rings. The summed E-state index contributed by atoms with van der Waals surface area (Å²) >= 11 is 5.45. The molecule has 2 aromatic carbocycles. The van der Waals surface area contributed by atoms with E-state index in [1.807, 2.05) is 12.1 Å². The molecule has 0 spiro atoms. The SMILES string of the molecule is CC(C)(C)c1ccc(CNC(=S)NCc2cc(F)c(C(=O)OSN)cc2F)cc1. The average molecular weight is 440 g/mol. The molecule has 0 unspecified atom stereocenters. The second kappa shape index (κ2) is 10.00. The molecule has 0 aliphatic heterocycles. The second-order valence-electron chi connectivity index (χ2n) is 7.37. The fraction of sp³-hybridized carbons (Fsp3) is 0.300. The number of halogens is 2. The third-order valence-electron chi connectivity index (χ3n) is 4.19. The van der Waals surface area contributed by atoms with Gasteiger partial charge in [-0.1, -0.05) is 45.0 Å². The van der Waals surface area contributed by atoms with Gasteiger partial charge < -0.3 is 14.8 Å². The molecular formula is C20H23F2N3O2S2. The molecule has 9 heteroatoms. The molecule has 0 heterocycles. The van der Waals surface area contributed by atoms with Gasteiger partial charge in [0.25, 0.3) is 0 Å². The minimum Gasteiger partial charge on any atom is -0.371 e. The molecule has 0 aromatic heterocycles. The maximum atomic E-state index is 14.1. The molecule has 156 valence electrons. The molecular weight excluding hydrogens is 416 g/mol. The number of carbonyl (C=O) groups excluding carboxylic acids is 1. The Morgan fingerprint density at radius 1 is 1.10 bits per heavy atom. The van der Waals surface area contributed by atoms with Crippen molar-refractivity contribution < 1.29 is 17.8 Å². The fourth-order valence-electron chi connectivity index (χ4n) is 2.51. The van der Waals surface area contributed by atoms with E-state index in [9.17, 15) is 13.6 Å². The van der Waals surface area contributed by atoms with E-state index >= 15 is 0 Å². The van der Waals surface area contributed by atoms with E-state index in [1.54, 1.807) is 0 Å². The van der Waals surface area contributed by atoms with Crippen molar-refractivity contribution in [2.24, 2.45) is 5.14 Å². The van der Waals surface area contributed by atoms with Gasteiger partial charge in [-0.05, 0) is 40.9 Å². The van der Waals surface area contributed by atoms with Crippen molar-refractivity contribution in [2.45, 2.75) is 39.3 Å². The van der Waals surface area contributed by atoms with Gasteiger partial charge in [0.2, 0.25) is 0 Å². The Kier molecular flexibility index (Phi) is 7.95. The minimum atomic E-state index is -1.05. The molecule has 4 N–H and O–H groups in total. The summed E-state index contributed by atoms with van der Waals surface area (Å²) < 4.78 is 32.6. The molecule has 0 saturated heterocycles. The predicted octanol–water partition coefficient (Wildman–Crippen LogP) is 4.11. The summed E-state index contributed by atoms with van der Waals surface area (Å²) in [6, 6.07) is 9.88. The molecule has 29 heavy (non-hydrogen) atoms. The van der Waals surface area contributed by atoms with Crippen molar-refractivity contribution in [3.05, 3.63) is 70.3 Å². The molecule has 0 aliphatic rings. The highest BCUT2D eigenvalue weighted by Gasteiger charge is 2.18. The van der Waals surface area contributed by atoms with Crippen LogP contribution in [0.2, 0.25) is 0 Å². The number of hydrogen-bond donors (Lipinski definition) is 3. The van der Waals surface area contributed by atoms with Crippen molar-refractivity contribution in [3.8, 4) is 0 Å². The number of hydrogen-bond acceptors (Lipinski definition) is 5. The summed E-state index contributed by atoms with van der Waals surface area (Å²) in [5, 5.41) is 11.1. The Hall–Kier alpha value is -2.23. The quantitative estimate of drug-likeness (QED) is 0.355. The molecule has 2 aromatic rings. The van der Waals surface area contributed by atoms with Crippen LogP contribution in [0.25, 0.3) is 0 Å². The van der Waals surface area contributed by atoms with Gasteiger partial charge in [0, 0.05) is 18.7 Å². The Morgan fingerprint density at radius 2 is 1.72 bits per heavy atom. The fourth-order valence-corrected chi connectivity index (χ4v) is 2.83. The van der Waals surface area contributed by atoms with Crippen LogP contribution in [0.15, 0.2) is 36.4 Å². The Bertz CT molecular complexity index is 885. The van der Waals surface area contributed by atoms with Gasteiger partial charge in [-0.15, -0.1) is 0 Å². The van der Waals surface area contributed by atoms with Gasteiger partial charge in [0.05, 0.1) is 5.56 Å². The first-order valence-corrected chi connectivity index (χ1v) is 10.00. The molecule has 5 nitrogen and oxygen atoms in total. The highest BCUT2D eigenvalue weighted by molar-refractivity contribution is 7.92. The van der Waals surface area contributed by atoms with Crippen LogP contribution < -0.4 is 15.8 Å². The lowest BCUT2D eigenvalue weighted by atomic mass is 9.87. The second-order valence-corrected chi connectivity index (χ2v) is 8.14. The molecule has 0 amide bonds. The van der Waals surface area contributed by atoms with E-state index in [-0.39, 0.29) is 29.8 Å². The van der Waals surface area contributed by atoms with Crippen molar-refractivity contribution in [3.63, 3.8) is 0 Å². The molecule has 2 rings (SSSR count). The highest BCUT2D eigenvalue weighted by atomic mass is 32.2. The molecule has 0 radical (unpaired) electrons. The number of thiocarbonyl (C=S) groups is 1. The molecule has 0 atom stereocenters. The number of rotatable bonds is 6. The monoisotopic (exact) mass is 439 g/mol. The maximum Gasteiger partial charge on any atom is 0.354 e. The summed E-state index contributed by atoms with van der Waals surface area (Å²) in [6.07, 6.45) is 0. The van der Waals surface area contributed by atoms with Gasteiger partial charge >= 0.3 is 5.97 Å². The normalized spacial score (nSPS) is 11.1. The first kappa shape index (κ1) is 23.1. The van der Waals surface area contributed by atoms with Crippen molar-refractivity contribution in [1.29, 1.82) is 0 Å². The Morgan fingerprint density at radius 3 is 2.31 bits per heavy atom. The lowest BCUT2D eigenvalue weighted by Crippen LogP contribution is -2.34. The topological polar surface area (TPSA) is 76.4 Å². The highest BCUT2D eigenvalue weighted by Crippen LogP contribution is 2.22. The third-order valence-corrected chi connectivity index (χ3v) is 4.73. The summed E-state index contributed by atoms with van der Waals surface area (Å²) in [6.45, 7) is 6.89. The van der Waals surface area contributed by atoms with E-state index in [4.69, 9.17) is 17.4 Å². The number of benzene rings is 2. The Balaban J connectivity index is 1.90. The van der Waals surface area contributed by atoms with Crippen LogP contribution in [0.4, 0.5) is 8.78 Å². The van der Waals surface area contributed by atoms with E-state index in [0.717, 1.165) is 17.7 Å². The first-order valence-electron chi connectivity index (χ1n) is 8.78. The standard InChI is InChI=1S/C20H23F2N3O2S2/c1-20(2,3)14-6-4-12(5-7-14)10-24-19(28)25-11-13-8-17(22)15(9-16(13)21)18(26)27-29-23/h4-9H,10-11,23H2,1-3H3,(H2,24,25,28). The van der Waals surface area contributed by atoms with Crippen LogP contribution in [0.3, 0.4) is 0 Å². The number of nitrogens with one attached hydrogen (secondary N) is 2. The van der Waals surface area contributed by atoms with Gasteiger partial charge in [0.1, 0.15) is 23.9 Å². The van der Waals surface area contributed by atoms with Gasteiger partial charge in [-0.25, -0.2) is 18.7 Å². The zero-order chi connectivity index (χ0) is 21.6. The van der Waals surface area contributed by atoms with Gasteiger partial charge in [0.15, 0.2) is 5.11 Å². The smallest absolute Gasteiger partial charge is 0.354 e. The van der Waals surface area contributed by atoms with Gasteiger partial charge in [-0.3, -0.25) is 0 Å². The van der Waals surface area contributed by atoms with Crippen molar-refractivity contribution in [1.82, 2.24) is 10.6 Å².